The zero-order chi connectivity index (χ0) is 17.3. The van der Waals surface area contributed by atoms with Crippen molar-refractivity contribution in [3.63, 3.8) is 0 Å². The number of nitrogens with one attached hydrogen (secondary N) is 2. The van der Waals surface area contributed by atoms with Crippen molar-refractivity contribution >= 4 is 33.3 Å². The van der Waals surface area contributed by atoms with Gasteiger partial charge in [-0.25, -0.2) is 9.78 Å². The molecule has 0 aliphatic rings. The number of amides is 2. The Morgan fingerprint density at radius 1 is 1.17 bits per heavy atom. The normalized spacial score (nSPS) is 10.8. The lowest BCUT2D eigenvalue weighted by Gasteiger charge is -2.13. The van der Waals surface area contributed by atoms with Crippen LogP contribution in [-0.2, 0) is 6.54 Å². The number of hydrogen-bond donors (Lipinski definition) is 2. The molecule has 0 atom stereocenters. The quantitative estimate of drug-likeness (QED) is 0.702. The first-order valence-electron chi connectivity index (χ1n) is 7.68. The predicted octanol–water partition coefficient (Wildman–Crippen LogP) is 4.34. The van der Waals surface area contributed by atoms with Gasteiger partial charge in [0.2, 0.25) is 0 Å². The predicted molar refractivity (Wildman–Crippen MR) is 99.4 cm³/mol. The van der Waals surface area contributed by atoms with Crippen LogP contribution >= 0.6 is 15.9 Å². The Hall–Kier alpha value is -2.34. The summed E-state index contributed by atoms with van der Waals surface area (Å²) >= 11 is 3.43. The number of pyridine rings is 1. The van der Waals surface area contributed by atoms with E-state index in [-0.39, 0.29) is 6.03 Å². The second-order valence-electron chi connectivity index (χ2n) is 5.93. The fraction of sp³-hybridized carbons (Fsp3) is 0.222. The van der Waals surface area contributed by atoms with E-state index >= 15 is 0 Å². The van der Waals surface area contributed by atoms with E-state index in [1.165, 1.54) is 5.56 Å². The maximum Gasteiger partial charge on any atom is 0.319 e. The largest absolute Gasteiger partial charge is 0.332 e. The smallest absolute Gasteiger partial charge is 0.319 e. The number of carbonyl (C=O) groups excluding carboxylic acids is 1. The highest BCUT2D eigenvalue weighted by molar-refractivity contribution is 9.10. The standard InChI is InChI=1S/C18H19BrN4O/c1-11-6-12(2)17(13(3)7-11)22-18(24)20-8-15-10-23-9-14(19)4-5-16(23)21-15/h4-7,9-10H,8H2,1-3H3,(H2,20,22,24). The van der Waals surface area contributed by atoms with Crippen molar-refractivity contribution in [3.05, 3.63) is 63.5 Å². The molecule has 3 aromatic rings. The van der Waals surface area contributed by atoms with Crippen LogP contribution < -0.4 is 10.6 Å². The Morgan fingerprint density at radius 3 is 2.58 bits per heavy atom. The summed E-state index contributed by atoms with van der Waals surface area (Å²) in [5, 5.41) is 5.78. The van der Waals surface area contributed by atoms with E-state index in [0.717, 1.165) is 32.6 Å². The molecule has 1 aromatic carbocycles. The van der Waals surface area contributed by atoms with Gasteiger partial charge in [-0.15, -0.1) is 0 Å². The second kappa shape index (κ2) is 6.65. The minimum absolute atomic E-state index is 0.233. The highest BCUT2D eigenvalue weighted by atomic mass is 79.9. The van der Waals surface area contributed by atoms with Crippen molar-refractivity contribution in [2.75, 3.05) is 5.32 Å². The molecular formula is C18H19BrN4O. The zero-order valence-corrected chi connectivity index (χ0v) is 15.4. The molecule has 0 saturated heterocycles. The molecule has 0 radical (unpaired) electrons. The first-order chi connectivity index (χ1) is 11.4. The minimum atomic E-state index is -0.233. The summed E-state index contributed by atoms with van der Waals surface area (Å²) in [6, 6.07) is 7.75. The van der Waals surface area contributed by atoms with E-state index < -0.39 is 0 Å². The highest BCUT2D eigenvalue weighted by Crippen LogP contribution is 2.21. The van der Waals surface area contributed by atoms with Crippen LogP contribution in [0.1, 0.15) is 22.4 Å². The van der Waals surface area contributed by atoms with Crippen LogP contribution in [0.2, 0.25) is 0 Å². The fourth-order valence-corrected chi connectivity index (χ4v) is 3.16. The first-order valence-corrected chi connectivity index (χ1v) is 8.47. The van der Waals surface area contributed by atoms with E-state index in [0.29, 0.717) is 6.54 Å². The van der Waals surface area contributed by atoms with Crippen LogP contribution in [0.15, 0.2) is 41.1 Å². The Kier molecular flexibility index (Phi) is 4.57. The Bertz CT molecular complexity index is 894. The maximum absolute atomic E-state index is 12.2. The van der Waals surface area contributed by atoms with Gasteiger partial charge in [0, 0.05) is 22.6 Å². The molecule has 0 unspecified atom stereocenters. The third-order valence-corrected chi connectivity index (χ3v) is 4.28. The van der Waals surface area contributed by atoms with Crippen molar-refractivity contribution in [3.8, 4) is 0 Å². The summed E-state index contributed by atoms with van der Waals surface area (Å²) in [4.78, 5) is 16.7. The third kappa shape index (κ3) is 3.59. The van der Waals surface area contributed by atoms with Gasteiger partial charge in [0.25, 0.3) is 0 Å². The Balaban J connectivity index is 1.67. The summed E-state index contributed by atoms with van der Waals surface area (Å²) in [6.07, 6.45) is 3.84. The lowest BCUT2D eigenvalue weighted by Crippen LogP contribution is -2.29. The summed E-state index contributed by atoms with van der Waals surface area (Å²) in [6.45, 7) is 6.41. The number of anilines is 1. The number of urea groups is 1. The second-order valence-corrected chi connectivity index (χ2v) is 6.84. The van der Waals surface area contributed by atoms with Gasteiger partial charge in [0.15, 0.2) is 0 Å². The van der Waals surface area contributed by atoms with Crippen LogP contribution in [0.4, 0.5) is 10.5 Å². The van der Waals surface area contributed by atoms with E-state index in [1.807, 2.05) is 49.7 Å². The van der Waals surface area contributed by atoms with Crippen LogP contribution in [0.5, 0.6) is 0 Å². The molecule has 0 aliphatic carbocycles. The molecule has 5 nitrogen and oxygen atoms in total. The maximum atomic E-state index is 12.2. The number of imidazole rings is 1. The van der Waals surface area contributed by atoms with Gasteiger partial charge in [-0.3, -0.25) is 0 Å². The number of aryl methyl sites for hydroxylation is 3. The van der Waals surface area contributed by atoms with Crippen LogP contribution in [0.25, 0.3) is 5.65 Å². The molecule has 0 bridgehead atoms. The lowest BCUT2D eigenvalue weighted by molar-refractivity contribution is 0.251. The number of nitrogens with zero attached hydrogens (tertiary/aromatic N) is 2. The minimum Gasteiger partial charge on any atom is -0.332 e. The van der Waals surface area contributed by atoms with Gasteiger partial charge in [0.05, 0.1) is 12.2 Å². The first kappa shape index (κ1) is 16.5. The summed E-state index contributed by atoms with van der Waals surface area (Å²) in [5.74, 6) is 0. The van der Waals surface area contributed by atoms with Crippen LogP contribution in [0.3, 0.4) is 0 Å². The molecule has 124 valence electrons. The van der Waals surface area contributed by atoms with E-state index in [2.05, 4.69) is 43.7 Å². The number of hydrogen-bond acceptors (Lipinski definition) is 2. The zero-order valence-electron chi connectivity index (χ0n) is 13.9. The van der Waals surface area contributed by atoms with E-state index in [1.54, 1.807) is 0 Å². The van der Waals surface area contributed by atoms with E-state index in [9.17, 15) is 4.79 Å². The van der Waals surface area contributed by atoms with Crippen LogP contribution in [0, 0.1) is 20.8 Å². The van der Waals surface area contributed by atoms with Gasteiger partial charge in [-0.1, -0.05) is 17.7 Å². The molecule has 2 aromatic heterocycles. The molecule has 2 heterocycles. The third-order valence-electron chi connectivity index (χ3n) is 3.81. The molecule has 2 N–H and O–H groups in total. The highest BCUT2D eigenvalue weighted by Gasteiger charge is 2.09. The number of halogens is 1. The SMILES string of the molecule is Cc1cc(C)c(NC(=O)NCc2cn3cc(Br)ccc3n2)c(C)c1. The average Bonchev–Trinajstić information content (AvgIpc) is 2.90. The number of benzene rings is 1. The number of aromatic nitrogens is 2. The number of carbonyl (C=O) groups is 1. The van der Waals surface area contributed by atoms with Crippen LogP contribution in [-0.4, -0.2) is 15.4 Å². The Morgan fingerprint density at radius 2 is 1.88 bits per heavy atom. The number of fused-ring (bicyclic) bond motifs is 1. The van der Waals surface area contributed by atoms with Gasteiger partial charge >= 0.3 is 6.03 Å². The average molecular weight is 387 g/mol. The molecule has 24 heavy (non-hydrogen) atoms. The lowest BCUT2D eigenvalue weighted by atomic mass is 10.1. The molecule has 0 fully saturated rings. The molecule has 0 spiro atoms. The molecular weight excluding hydrogens is 368 g/mol. The molecule has 3 rings (SSSR count). The Labute approximate surface area is 149 Å². The van der Waals surface area contributed by atoms with Crippen molar-refractivity contribution < 1.29 is 4.79 Å². The van der Waals surface area contributed by atoms with Gasteiger partial charge < -0.3 is 15.0 Å². The monoisotopic (exact) mass is 386 g/mol. The summed E-state index contributed by atoms with van der Waals surface area (Å²) < 4.78 is 2.91. The van der Waals surface area contributed by atoms with Gasteiger partial charge in [-0.05, 0) is 60.0 Å². The molecule has 2 amide bonds. The van der Waals surface area contributed by atoms with Crippen molar-refractivity contribution in [1.29, 1.82) is 0 Å². The molecule has 0 saturated carbocycles. The number of rotatable bonds is 3. The molecule has 6 heteroatoms. The van der Waals surface area contributed by atoms with Gasteiger partial charge in [-0.2, -0.15) is 0 Å². The summed E-state index contributed by atoms with van der Waals surface area (Å²) in [5.41, 5.74) is 5.81. The van der Waals surface area contributed by atoms with E-state index in [4.69, 9.17) is 0 Å². The molecule has 0 aliphatic heterocycles. The topological polar surface area (TPSA) is 58.4 Å². The van der Waals surface area contributed by atoms with Crippen molar-refractivity contribution in [2.24, 2.45) is 0 Å². The van der Waals surface area contributed by atoms with Crippen molar-refractivity contribution in [1.82, 2.24) is 14.7 Å². The van der Waals surface area contributed by atoms with Gasteiger partial charge in [0.1, 0.15) is 5.65 Å². The summed E-state index contributed by atoms with van der Waals surface area (Å²) in [7, 11) is 0. The van der Waals surface area contributed by atoms with Crippen molar-refractivity contribution in [2.45, 2.75) is 27.3 Å². The fourth-order valence-electron chi connectivity index (χ4n) is 2.81.